The highest BCUT2D eigenvalue weighted by Gasteiger charge is 2.57. The number of nitrogens with one attached hydrogen (secondary N) is 1. The second kappa shape index (κ2) is 8.06. The van der Waals surface area contributed by atoms with Crippen LogP contribution in [0.5, 0.6) is 0 Å². The third-order valence-corrected chi connectivity index (χ3v) is 5.97. The van der Waals surface area contributed by atoms with E-state index < -0.39 is 30.4 Å². The number of hydrogen-bond acceptors (Lipinski definition) is 5. The van der Waals surface area contributed by atoms with E-state index in [-0.39, 0.29) is 17.9 Å². The second-order valence-corrected chi connectivity index (χ2v) is 8.07. The number of fused-ring (bicyclic) bond motifs is 1. The zero-order valence-electron chi connectivity index (χ0n) is 15.6. The van der Waals surface area contributed by atoms with Crippen molar-refractivity contribution in [2.45, 2.75) is 70.8 Å². The minimum Gasteiger partial charge on any atom is -0.480 e. The summed E-state index contributed by atoms with van der Waals surface area (Å²) < 4.78 is 0. The first-order valence-corrected chi connectivity index (χ1v) is 9.41. The van der Waals surface area contributed by atoms with Crippen LogP contribution in [0, 0.1) is 11.3 Å². The maximum atomic E-state index is 12.9. The van der Waals surface area contributed by atoms with Crippen LogP contribution in [-0.4, -0.2) is 65.0 Å². The smallest absolute Gasteiger partial charge is 0.321 e. The lowest BCUT2D eigenvalue weighted by molar-refractivity contribution is -0.149. The Labute approximate surface area is 150 Å². The fraction of sp³-hybridized carbons (Fsp3) is 0.882. The van der Waals surface area contributed by atoms with Gasteiger partial charge >= 0.3 is 5.97 Å². The van der Waals surface area contributed by atoms with Gasteiger partial charge in [0.2, 0.25) is 5.91 Å². The highest BCUT2D eigenvalue weighted by Crippen LogP contribution is 2.47. The largest absolute Gasteiger partial charge is 0.480 e. The number of carbonyl (C=O) groups is 2. The van der Waals surface area contributed by atoms with E-state index in [0.717, 1.165) is 19.3 Å². The predicted octanol–water partition coefficient (Wildman–Crippen LogP) is 0.397. The molecule has 8 heteroatoms. The number of nitrogens with two attached hydrogens (primary N) is 1. The summed E-state index contributed by atoms with van der Waals surface area (Å²) in [6.45, 7) is 6.32. The van der Waals surface area contributed by atoms with Crippen LogP contribution in [0.2, 0.25) is 13.1 Å². The van der Waals surface area contributed by atoms with Gasteiger partial charge in [-0.2, -0.15) is 0 Å². The van der Waals surface area contributed by atoms with Gasteiger partial charge in [0.1, 0.15) is 6.04 Å². The summed E-state index contributed by atoms with van der Waals surface area (Å²) in [4.78, 5) is 26.5. The van der Waals surface area contributed by atoms with E-state index in [9.17, 15) is 19.7 Å². The molecule has 2 aliphatic rings. The van der Waals surface area contributed by atoms with Gasteiger partial charge in [0, 0.05) is 18.5 Å². The molecule has 0 aliphatic carbocycles. The number of nitrogens with zero attached hydrogens (tertiary/aromatic N) is 1. The van der Waals surface area contributed by atoms with Gasteiger partial charge in [-0.3, -0.25) is 9.59 Å². The van der Waals surface area contributed by atoms with Crippen molar-refractivity contribution >= 4 is 18.8 Å². The van der Waals surface area contributed by atoms with Gasteiger partial charge in [0.05, 0.1) is 12.1 Å². The molecule has 1 amide bonds. The normalized spacial score (nSPS) is 30.2. The summed E-state index contributed by atoms with van der Waals surface area (Å²) in [6, 6.07) is -1.36. The maximum absolute atomic E-state index is 12.9. The molecule has 0 aromatic heterocycles. The molecular weight excluding hydrogens is 321 g/mol. The number of amides is 1. The Balaban J connectivity index is 2.25. The summed E-state index contributed by atoms with van der Waals surface area (Å²) in [7, 11) is 0. The van der Waals surface area contributed by atoms with Crippen LogP contribution >= 0.6 is 0 Å². The van der Waals surface area contributed by atoms with Crippen molar-refractivity contribution in [2.24, 2.45) is 17.1 Å². The molecule has 0 unspecified atom stereocenters. The number of carboxylic acids is 1. The molecule has 0 aromatic rings. The van der Waals surface area contributed by atoms with Crippen molar-refractivity contribution in [3.63, 3.8) is 0 Å². The SMILES string of the molecule is CB(O)CCC[C@]12CCCN(C(=O)[C@@H](N)C(C)C)[C@H]1CN[C@@H]2C(=O)O. The fourth-order valence-corrected chi connectivity index (χ4v) is 4.53. The standard InChI is InChI=1S/C17H32BN3O4/c1-11(2)13(19)15(22)21-9-5-7-17(6-4-8-18(3)25)12(21)10-20-14(17)16(23)24/h11-14,20,25H,4-10,19H2,1-3H3,(H,23,24)/t12-,13-,14+,17-/m0/s1. The van der Waals surface area contributed by atoms with Crippen LogP contribution in [0.15, 0.2) is 0 Å². The van der Waals surface area contributed by atoms with E-state index in [2.05, 4.69) is 5.32 Å². The van der Waals surface area contributed by atoms with Gasteiger partial charge in [0.25, 0.3) is 6.92 Å². The fourth-order valence-electron chi connectivity index (χ4n) is 4.53. The predicted molar refractivity (Wildman–Crippen MR) is 97.3 cm³/mol. The number of hydrogen-bond donors (Lipinski definition) is 4. The Bertz CT molecular complexity index is 502. The molecule has 0 spiro atoms. The monoisotopic (exact) mass is 353 g/mol. The van der Waals surface area contributed by atoms with E-state index in [1.54, 1.807) is 6.82 Å². The minimum atomic E-state index is -0.859. The van der Waals surface area contributed by atoms with Crippen molar-refractivity contribution in [3.05, 3.63) is 0 Å². The van der Waals surface area contributed by atoms with E-state index >= 15 is 0 Å². The Hall–Kier alpha value is -1.12. The first kappa shape index (κ1) is 20.2. The molecule has 5 N–H and O–H groups in total. The molecule has 7 nitrogen and oxygen atoms in total. The molecule has 0 bridgehead atoms. The lowest BCUT2D eigenvalue weighted by atomic mass is 9.62. The van der Waals surface area contributed by atoms with E-state index in [0.29, 0.717) is 25.8 Å². The summed E-state index contributed by atoms with van der Waals surface area (Å²) in [5, 5.41) is 22.4. The average molecular weight is 353 g/mol. The summed E-state index contributed by atoms with van der Waals surface area (Å²) in [5.41, 5.74) is 5.61. The molecule has 2 aliphatic heterocycles. The average Bonchev–Trinajstić information content (AvgIpc) is 2.92. The van der Waals surface area contributed by atoms with Crippen molar-refractivity contribution in [3.8, 4) is 0 Å². The van der Waals surface area contributed by atoms with Crippen molar-refractivity contribution in [1.29, 1.82) is 0 Å². The van der Waals surface area contributed by atoms with Gasteiger partial charge in [-0.05, 0) is 31.5 Å². The molecule has 25 heavy (non-hydrogen) atoms. The Morgan fingerprint density at radius 1 is 1.44 bits per heavy atom. The van der Waals surface area contributed by atoms with Crippen LogP contribution in [0.4, 0.5) is 0 Å². The van der Waals surface area contributed by atoms with E-state index in [4.69, 9.17) is 5.73 Å². The Kier molecular flexibility index (Phi) is 6.51. The summed E-state index contributed by atoms with van der Waals surface area (Å²) in [6.07, 6.45) is 3.64. The van der Waals surface area contributed by atoms with E-state index in [1.807, 2.05) is 18.7 Å². The summed E-state index contributed by atoms with van der Waals surface area (Å²) in [5.74, 6) is -0.891. The third-order valence-electron chi connectivity index (χ3n) is 5.97. The first-order chi connectivity index (χ1) is 11.7. The number of likely N-dealkylation sites (tertiary alicyclic amines) is 1. The zero-order chi connectivity index (χ0) is 18.8. The Morgan fingerprint density at radius 3 is 2.68 bits per heavy atom. The molecule has 2 heterocycles. The van der Waals surface area contributed by atoms with Crippen LogP contribution in [0.1, 0.15) is 39.5 Å². The van der Waals surface area contributed by atoms with Gasteiger partial charge in [-0.15, -0.1) is 0 Å². The molecule has 0 aromatic carbocycles. The van der Waals surface area contributed by atoms with Crippen molar-refractivity contribution in [1.82, 2.24) is 10.2 Å². The number of aliphatic carboxylic acids is 1. The molecule has 0 radical (unpaired) electrons. The third kappa shape index (κ3) is 4.01. The zero-order valence-corrected chi connectivity index (χ0v) is 15.6. The first-order valence-electron chi connectivity index (χ1n) is 9.41. The number of piperidine rings is 1. The molecule has 2 rings (SSSR count). The highest BCUT2D eigenvalue weighted by molar-refractivity contribution is 6.48. The molecule has 2 saturated heterocycles. The highest BCUT2D eigenvalue weighted by atomic mass is 16.4. The number of carboxylic acid groups (broad SMARTS) is 1. The topological polar surface area (TPSA) is 116 Å². The van der Waals surface area contributed by atoms with Crippen LogP contribution in [0.25, 0.3) is 0 Å². The van der Waals surface area contributed by atoms with Crippen molar-refractivity contribution < 1.29 is 19.7 Å². The van der Waals surface area contributed by atoms with E-state index in [1.165, 1.54) is 0 Å². The van der Waals surface area contributed by atoms with Gasteiger partial charge in [0.15, 0.2) is 0 Å². The van der Waals surface area contributed by atoms with Crippen LogP contribution in [0.3, 0.4) is 0 Å². The quantitative estimate of drug-likeness (QED) is 0.493. The lowest BCUT2D eigenvalue weighted by Crippen LogP contribution is -2.60. The van der Waals surface area contributed by atoms with Gasteiger partial charge < -0.3 is 26.1 Å². The summed E-state index contributed by atoms with van der Waals surface area (Å²) >= 11 is 0. The van der Waals surface area contributed by atoms with Crippen LogP contribution < -0.4 is 11.1 Å². The maximum Gasteiger partial charge on any atom is 0.321 e. The number of carbonyl (C=O) groups excluding carboxylic acids is 1. The lowest BCUT2D eigenvalue weighted by Gasteiger charge is -2.48. The molecule has 142 valence electrons. The number of rotatable bonds is 7. The van der Waals surface area contributed by atoms with Crippen molar-refractivity contribution in [2.75, 3.05) is 13.1 Å². The minimum absolute atomic E-state index is 0.0451. The van der Waals surface area contributed by atoms with Gasteiger partial charge in [-0.25, -0.2) is 0 Å². The molecule has 2 fully saturated rings. The molecule has 0 saturated carbocycles. The molecular formula is C17H32BN3O4. The van der Waals surface area contributed by atoms with Crippen LogP contribution in [-0.2, 0) is 9.59 Å². The molecule has 4 atom stereocenters. The van der Waals surface area contributed by atoms with Gasteiger partial charge in [-0.1, -0.05) is 27.1 Å². The Morgan fingerprint density at radius 2 is 2.12 bits per heavy atom. The second-order valence-electron chi connectivity index (χ2n) is 8.07.